The first-order chi connectivity index (χ1) is 4.50. The van der Waals surface area contributed by atoms with Gasteiger partial charge in [0.1, 0.15) is 0 Å². The van der Waals surface area contributed by atoms with Gasteiger partial charge in [0.05, 0.1) is 8.07 Å². The molecular weight excluding hydrogens is 140 g/mol. The topological polar surface area (TPSA) is 17.1 Å². The summed E-state index contributed by atoms with van der Waals surface area (Å²) in [5.41, 5.74) is 0.597. The number of carbonyl (C=O) groups is 1. The predicted octanol–water partition coefficient (Wildman–Crippen LogP) is 2.22. The molecule has 0 heterocycles. The van der Waals surface area contributed by atoms with Crippen LogP contribution in [0, 0.1) is 0 Å². The molecule has 0 aromatic heterocycles. The predicted molar refractivity (Wildman–Crippen MR) is 45.9 cm³/mol. The molecule has 0 aliphatic heterocycles. The summed E-state index contributed by atoms with van der Waals surface area (Å²) < 4.78 is 0. The van der Waals surface area contributed by atoms with E-state index in [0.717, 1.165) is 6.42 Å². The van der Waals surface area contributed by atoms with Gasteiger partial charge in [-0.15, -0.1) is 0 Å². The van der Waals surface area contributed by atoms with Crippen molar-refractivity contribution in [1.82, 2.24) is 0 Å². The monoisotopic (exact) mass is 154 g/mol. The van der Waals surface area contributed by atoms with E-state index in [0.29, 0.717) is 11.3 Å². The summed E-state index contributed by atoms with van der Waals surface area (Å²) >= 11 is 0. The molecule has 1 nitrogen and oxygen atoms in total. The number of ketones is 1. The zero-order chi connectivity index (χ0) is 7.78. The van der Waals surface area contributed by atoms with Crippen molar-refractivity contribution in [1.29, 1.82) is 0 Å². The molecule has 1 unspecified atom stereocenters. The maximum atomic E-state index is 10.8. The summed E-state index contributed by atoms with van der Waals surface area (Å²) in [5, 5.41) is 0. The molecule has 0 amide bonds. The second-order valence-electron chi connectivity index (χ2n) is 4.00. The lowest BCUT2D eigenvalue weighted by atomic mass is 10.3. The molecule has 56 valence electrons. The third-order valence-corrected chi connectivity index (χ3v) is 4.67. The maximum Gasteiger partial charge on any atom is 0.155 e. The molecule has 1 aliphatic rings. The molecule has 1 aliphatic carbocycles. The van der Waals surface area contributed by atoms with Crippen molar-refractivity contribution in [3.63, 3.8) is 0 Å². The van der Waals surface area contributed by atoms with E-state index in [1.165, 1.54) is 0 Å². The molecule has 1 atom stereocenters. The van der Waals surface area contributed by atoms with Gasteiger partial charge in [-0.2, -0.15) is 0 Å². The number of allylic oxidation sites excluding steroid dienone is 2. The van der Waals surface area contributed by atoms with Gasteiger partial charge in [-0.05, 0) is 11.6 Å². The van der Waals surface area contributed by atoms with Gasteiger partial charge in [0.2, 0.25) is 0 Å². The van der Waals surface area contributed by atoms with Crippen molar-refractivity contribution >= 4 is 13.9 Å². The van der Waals surface area contributed by atoms with E-state index in [2.05, 4.69) is 25.7 Å². The van der Waals surface area contributed by atoms with Crippen LogP contribution in [0.1, 0.15) is 6.42 Å². The van der Waals surface area contributed by atoms with Crippen LogP contribution < -0.4 is 0 Å². The fraction of sp³-hybridized carbons (Fsp3) is 0.625. The third-order valence-electron chi connectivity index (χ3n) is 2.05. The van der Waals surface area contributed by atoms with Gasteiger partial charge in [0.25, 0.3) is 0 Å². The molecule has 0 spiro atoms. The lowest BCUT2D eigenvalue weighted by Crippen LogP contribution is -2.26. The van der Waals surface area contributed by atoms with Gasteiger partial charge in [0, 0.05) is 6.42 Å². The molecule has 1 rings (SSSR count). The molecule has 0 N–H and O–H groups in total. The highest BCUT2D eigenvalue weighted by atomic mass is 28.3. The smallest absolute Gasteiger partial charge is 0.155 e. The van der Waals surface area contributed by atoms with Crippen molar-refractivity contribution in [3.05, 3.63) is 12.2 Å². The zero-order valence-corrected chi connectivity index (χ0v) is 7.85. The SMILES string of the molecule is C[Si](C)(C)C1C=CC(=O)C1. The van der Waals surface area contributed by atoms with E-state index < -0.39 is 8.07 Å². The molecule has 0 aromatic rings. The number of hydrogen-bond acceptors (Lipinski definition) is 1. The van der Waals surface area contributed by atoms with E-state index in [1.807, 2.05) is 0 Å². The van der Waals surface area contributed by atoms with E-state index in [9.17, 15) is 4.79 Å². The Morgan fingerprint density at radius 1 is 1.50 bits per heavy atom. The minimum Gasteiger partial charge on any atom is -0.295 e. The average molecular weight is 154 g/mol. The Bertz CT molecular complexity index is 176. The Labute approximate surface area is 63.1 Å². The molecule has 0 bridgehead atoms. The Balaban J connectivity index is 2.63. The van der Waals surface area contributed by atoms with Gasteiger partial charge in [-0.3, -0.25) is 4.79 Å². The highest BCUT2D eigenvalue weighted by molar-refractivity contribution is 6.78. The highest BCUT2D eigenvalue weighted by Crippen LogP contribution is 2.30. The lowest BCUT2D eigenvalue weighted by Gasteiger charge is -2.21. The number of carbonyl (C=O) groups excluding carboxylic acids is 1. The van der Waals surface area contributed by atoms with E-state index in [-0.39, 0.29) is 0 Å². The van der Waals surface area contributed by atoms with Crippen molar-refractivity contribution < 1.29 is 4.79 Å². The minimum absolute atomic E-state index is 0.312. The fourth-order valence-corrected chi connectivity index (χ4v) is 2.66. The molecule has 0 saturated carbocycles. The second kappa shape index (κ2) is 2.35. The van der Waals surface area contributed by atoms with Crippen molar-refractivity contribution in [2.75, 3.05) is 0 Å². The van der Waals surface area contributed by atoms with Crippen LogP contribution in [0.2, 0.25) is 25.2 Å². The van der Waals surface area contributed by atoms with Crippen molar-refractivity contribution in [2.45, 2.75) is 31.6 Å². The first-order valence-corrected chi connectivity index (χ1v) is 7.29. The van der Waals surface area contributed by atoms with Crippen LogP contribution in [-0.4, -0.2) is 13.9 Å². The molecule has 0 aromatic carbocycles. The van der Waals surface area contributed by atoms with Crippen LogP contribution in [0.4, 0.5) is 0 Å². The number of rotatable bonds is 1. The van der Waals surface area contributed by atoms with Crippen LogP contribution in [0.25, 0.3) is 0 Å². The first kappa shape index (κ1) is 7.73. The van der Waals surface area contributed by atoms with Gasteiger partial charge in [-0.1, -0.05) is 25.7 Å². The Kier molecular flexibility index (Phi) is 1.81. The average Bonchev–Trinajstić information content (AvgIpc) is 2.11. The van der Waals surface area contributed by atoms with Gasteiger partial charge < -0.3 is 0 Å². The Morgan fingerprint density at radius 3 is 2.30 bits per heavy atom. The summed E-state index contributed by atoms with van der Waals surface area (Å²) in [5.74, 6) is 0.312. The minimum atomic E-state index is -1.07. The van der Waals surface area contributed by atoms with Gasteiger partial charge in [-0.25, -0.2) is 0 Å². The molecule has 0 saturated heterocycles. The first-order valence-electron chi connectivity index (χ1n) is 3.71. The van der Waals surface area contributed by atoms with Gasteiger partial charge >= 0.3 is 0 Å². The summed E-state index contributed by atoms with van der Waals surface area (Å²) in [6, 6.07) is 0. The van der Waals surface area contributed by atoms with Crippen LogP contribution in [0.5, 0.6) is 0 Å². The normalized spacial score (nSPS) is 25.9. The van der Waals surface area contributed by atoms with E-state index in [1.54, 1.807) is 6.08 Å². The highest BCUT2D eigenvalue weighted by Gasteiger charge is 2.28. The number of hydrogen-bond donors (Lipinski definition) is 0. The maximum absolute atomic E-state index is 10.8. The molecule has 0 radical (unpaired) electrons. The van der Waals surface area contributed by atoms with Crippen molar-refractivity contribution in [2.24, 2.45) is 0 Å². The molecule has 0 fully saturated rings. The van der Waals surface area contributed by atoms with Crippen LogP contribution in [0.15, 0.2) is 12.2 Å². The largest absolute Gasteiger partial charge is 0.295 e. The quantitative estimate of drug-likeness (QED) is 0.529. The summed E-state index contributed by atoms with van der Waals surface area (Å²) in [7, 11) is -1.07. The zero-order valence-electron chi connectivity index (χ0n) is 6.85. The second-order valence-corrected chi connectivity index (χ2v) is 9.48. The lowest BCUT2D eigenvalue weighted by molar-refractivity contribution is -0.114. The Morgan fingerprint density at radius 2 is 2.10 bits per heavy atom. The van der Waals surface area contributed by atoms with Crippen LogP contribution >= 0.6 is 0 Å². The summed E-state index contributed by atoms with van der Waals surface area (Å²) in [6.07, 6.45) is 4.60. The third kappa shape index (κ3) is 1.57. The van der Waals surface area contributed by atoms with Crippen LogP contribution in [-0.2, 0) is 4.79 Å². The Hall–Kier alpha value is -0.373. The van der Waals surface area contributed by atoms with Gasteiger partial charge in [0.15, 0.2) is 5.78 Å². The fourth-order valence-electron chi connectivity index (χ4n) is 1.17. The van der Waals surface area contributed by atoms with Crippen LogP contribution in [0.3, 0.4) is 0 Å². The van der Waals surface area contributed by atoms with E-state index in [4.69, 9.17) is 0 Å². The molecule has 2 heteroatoms. The van der Waals surface area contributed by atoms with E-state index >= 15 is 0 Å². The summed E-state index contributed by atoms with van der Waals surface area (Å²) in [4.78, 5) is 10.8. The summed E-state index contributed by atoms with van der Waals surface area (Å²) in [6.45, 7) is 6.92. The molecule has 10 heavy (non-hydrogen) atoms. The molecular formula is C8H14OSi. The van der Waals surface area contributed by atoms with Crippen molar-refractivity contribution in [3.8, 4) is 0 Å². The standard InChI is InChI=1S/C8H14OSi/c1-10(2,3)8-5-4-7(9)6-8/h4-5,8H,6H2,1-3H3.